The summed E-state index contributed by atoms with van der Waals surface area (Å²) in [5.41, 5.74) is 5.30. The van der Waals surface area contributed by atoms with E-state index < -0.39 is 32.5 Å². The van der Waals surface area contributed by atoms with Crippen molar-refractivity contribution >= 4 is 19.8 Å². The van der Waals surface area contributed by atoms with E-state index in [1.807, 2.05) is 0 Å². The zero-order chi connectivity index (χ0) is 33.0. The van der Waals surface area contributed by atoms with Crippen LogP contribution in [0.1, 0.15) is 168 Å². The lowest BCUT2D eigenvalue weighted by Crippen LogP contribution is -2.30. The summed E-state index contributed by atoms with van der Waals surface area (Å²) in [5.74, 6) is 0.974. The van der Waals surface area contributed by atoms with Crippen LogP contribution in [0.5, 0.6) is 0 Å². The monoisotopic (exact) mass is 660 g/mol. The number of unbranched alkanes of at least 4 members (excludes halogenated alkanes) is 14. The summed E-state index contributed by atoms with van der Waals surface area (Å²) in [6, 6.07) is 0. The van der Waals surface area contributed by atoms with Gasteiger partial charge in [0.05, 0.1) is 13.2 Å². The molecule has 1 rings (SSSR count). The predicted octanol–water partition coefficient (Wildman–Crippen LogP) is 8.55. The van der Waals surface area contributed by atoms with Gasteiger partial charge in [0.15, 0.2) is 6.10 Å². The van der Waals surface area contributed by atoms with Gasteiger partial charge in [-0.25, -0.2) is 0 Å². The molecule has 0 spiro atoms. The van der Waals surface area contributed by atoms with E-state index in [2.05, 4.69) is 18.4 Å². The highest BCUT2D eigenvalue weighted by Gasteiger charge is 2.21. The molecular weight excluding hydrogens is 593 g/mol. The molecule has 266 valence electrons. The van der Waals surface area contributed by atoms with E-state index in [1.165, 1.54) is 96.3 Å². The Bertz CT molecular complexity index is 779. The van der Waals surface area contributed by atoms with Gasteiger partial charge in [0, 0.05) is 19.4 Å². The minimum Gasteiger partial charge on any atom is -0.756 e. The molecule has 0 saturated heterocycles. The number of ether oxygens (including phenoxy) is 2. The first-order chi connectivity index (χ1) is 21.8. The second kappa shape index (κ2) is 28.1. The average Bonchev–Trinajstić information content (AvgIpc) is 3.00. The first kappa shape index (κ1) is 42.0. The summed E-state index contributed by atoms with van der Waals surface area (Å²) in [5, 5.41) is 0. The fraction of sp³-hybridized carbons (Fsp3) is 0.943. The van der Waals surface area contributed by atoms with Crippen molar-refractivity contribution in [3.8, 4) is 0 Å². The van der Waals surface area contributed by atoms with Crippen LogP contribution >= 0.6 is 7.82 Å². The number of hydrogen-bond donors (Lipinski definition) is 1. The van der Waals surface area contributed by atoms with Crippen LogP contribution in [-0.4, -0.2) is 44.4 Å². The van der Waals surface area contributed by atoms with Crippen molar-refractivity contribution in [2.75, 3.05) is 26.4 Å². The molecule has 10 heteroatoms. The molecule has 45 heavy (non-hydrogen) atoms. The largest absolute Gasteiger partial charge is 0.756 e. The molecule has 1 saturated carbocycles. The summed E-state index contributed by atoms with van der Waals surface area (Å²) in [4.78, 5) is 36.7. The number of esters is 2. The third-order valence-electron chi connectivity index (χ3n) is 9.01. The highest BCUT2D eigenvalue weighted by molar-refractivity contribution is 7.45. The number of phosphoric ester groups is 1. The molecule has 0 heterocycles. The van der Waals surface area contributed by atoms with Crippen molar-refractivity contribution in [3.63, 3.8) is 0 Å². The lowest BCUT2D eigenvalue weighted by Gasteiger charge is -2.25. The van der Waals surface area contributed by atoms with Gasteiger partial charge < -0.3 is 29.1 Å². The van der Waals surface area contributed by atoms with Gasteiger partial charge in [0.25, 0.3) is 7.82 Å². The minimum absolute atomic E-state index is 0.0181. The van der Waals surface area contributed by atoms with E-state index >= 15 is 0 Å². The Hall–Kier alpha value is -0.990. The first-order valence-electron chi connectivity index (χ1n) is 18.4. The third-order valence-corrected chi connectivity index (χ3v) is 9.97. The average molecular weight is 661 g/mol. The van der Waals surface area contributed by atoms with Crippen molar-refractivity contribution < 1.29 is 37.6 Å². The van der Waals surface area contributed by atoms with Gasteiger partial charge >= 0.3 is 11.9 Å². The molecule has 0 amide bonds. The fourth-order valence-electron chi connectivity index (χ4n) is 5.57. The van der Waals surface area contributed by atoms with Crippen molar-refractivity contribution in [2.24, 2.45) is 17.6 Å². The molecule has 0 radical (unpaired) electrons. The maximum absolute atomic E-state index is 12.5. The lowest BCUT2D eigenvalue weighted by atomic mass is 9.81. The Labute approximate surface area is 275 Å². The van der Waals surface area contributed by atoms with Gasteiger partial charge in [-0.15, -0.1) is 0 Å². The van der Waals surface area contributed by atoms with Gasteiger partial charge in [0.1, 0.15) is 6.61 Å². The summed E-state index contributed by atoms with van der Waals surface area (Å²) >= 11 is 0. The molecule has 9 nitrogen and oxygen atoms in total. The van der Waals surface area contributed by atoms with Crippen molar-refractivity contribution in [1.29, 1.82) is 0 Å². The molecule has 0 bridgehead atoms. The number of carbonyl (C=O) groups excluding carboxylic acids is 2. The molecule has 3 atom stereocenters. The molecule has 0 aromatic heterocycles. The number of nitrogens with two attached hydrogens (primary N) is 1. The molecule has 1 aliphatic rings. The minimum atomic E-state index is -4.61. The molecule has 1 fully saturated rings. The predicted molar refractivity (Wildman–Crippen MR) is 179 cm³/mol. The second-order valence-corrected chi connectivity index (χ2v) is 14.6. The number of rotatable bonds is 32. The van der Waals surface area contributed by atoms with Crippen LogP contribution in [0, 0.1) is 11.8 Å². The summed E-state index contributed by atoms with van der Waals surface area (Å²) in [6.07, 6.45) is 25.9. The maximum Gasteiger partial charge on any atom is 0.306 e. The topological polar surface area (TPSA) is 137 Å². The molecule has 1 aliphatic carbocycles. The van der Waals surface area contributed by atoms with E-state index in [1.54, 1.807) is 0 Å². The van der Waals surface area contributed by atoms with E-state index in [9.17, 15) is 19.0 Å². The first-order valence-corrected chi connectivity index (χ1v) is 19.9. The quantitative estimate of drug-likeness (QED) is 0.0427. The zero-order valence-corrected chi connectivity index (χ0v) is 29.7. The van der Waals surface area contributed by atoms with Crippen LogP contribution in [0.4, 0.5) is 0 Å². The lowest BCUT2D eigenvalue weighted by molar-refractivity contribution is -0.228. The molecule has 0 aromatic rings. The Morgan fingerprint density at radius 2 is 1.31 bits per heavy atom. The van der Waals surface area contributed by atoms with E-state index in [0.717, 1.165) is 50.4 Å². The van der Waals surface area contributed by atoms with Crippen LogP contribution in [0.25, 0.3) is 0 Å². The number of carbonyl (C=O) groups is 2. The Morgan fingerprint density at radius 3 is 1.84 bits per heavy atom. The van der Waals surface area contributed by atoms with Gasteiger partial charge in [-0.3, -0.25) is 14.2 Å². The maximum atomic E-state index is 12.5. The van der Waals surface area contributed by atoms with Gasteiger partial charge in [-0.05, 0) is 24.7 Å². The molecular formula is C35H67NO8P-. The molecule has 0 aromatic carbocycles. The Balaban J connectivity index is 2.21. The van der Waals surface area contributed by atoms with E-state index in [-0.39, 0.29) is 32.6 Å². The normalized spacial score (nSPS) is 16.1. The van der Waals surface area contributed by atoms with E-state index in [4.69, 9.17) is 19.7 Å². The van der Waals surface area contributed by atoms with Gasteiger partial charge in [0.2, 0.25) is 0 Å². The summed E-state index contributed by atoms with van der Waals surface area (Å²) in [7, 11) is -4.61. The van der Waals surface area contributed by atoms with Crippen LogP contribution in [0.15, 0.2) is 0 Å². The number of phosphoric acid groups is 1. The summed E-state index contributed by atoms with van der Waals surface area (Å²) in [6.45, 7) is 3.62. The highest BCUT2D eigenvalue weighted by atomic mass is 31.2. The van der Waals surface area contributed by atoms with E-state index in [0.29, 0.717) is 6.42 Å². The van der Waals surface area contributed by atoms with Crippen LogP contribution in [0.3, 0.4) is 0 Å². The van der Waals surface area contributed by atoms with Crippen LogP contribution < -0.4 is 10.6 Å². The molecule has 2 unspecified atom stereocenters. The smallest absolute Gasteiger partial charge is 0.306 e. The highest BCUT2D eigenvalue weighted by Crippen LogP contribution is 2.38. The standard InChI is InChI=1S/C35H68NO8P/c1-3-31(2)21-16-12-8-4-6-11-15-19-26-35(38)44-33(30-43-45(39,40)42-28-27-36)29-41-34(37)25-18-14-10-7-5-9-13-17-22-32-23-20-24-32/h31-33H,3-30,36H2,1-2H3,(H,39,40)/p-1/t31?,33-/m0/s1. The number of hydrogen-bond acceptors (Lipinski definition) is 9. The molecule has 0 aliphatic heterocycles. The molecule has 2 N–H and O–H groups in total. The van der Waals surface area contributed by atoms with Crippen molar-refractivity contribution in [2.45, 2.75) is 174 Å². The Morgan fingerprint density at radius 1 is 0.778 bits per heavy atom. The third kappa shape index (κ3) is 25.7. The van der Waals surface area contributed by atoms with Crippen molar-refractivity contribution in [3.05, 3.63) is 0 Å². The van der Waals surface area contributed by atoms with Crippen molar-refractivity contribution in [1.82, 2.24) is 0 Å². The second-order valence-electron chi connectivity index (χ2n) is 13.2. The SMILES string of the molecule is CCC(C)CCCCCCCCCCC(=O)O[C@@H](COC(=O)CCCCCCCCCCC1CCC1)COP(=O)([O-])OCCN. The fourth-order valence-corrected chi connectivity index (χ4v) is 6.32. The van der Waals surface area contributed by atoms with Gasteiger partial charge in [-0.2, -0.15) is 0 Å². The van der Waals surface area contributed by atoms with Gasteiger partial charge in [-0.1, -0.05) is 142 Å². The summed E-state index contributed by atoms with van der Waals surface area (Å²) < 4.78 is 32.2. The zero-order valence-electron chi connectivity index (χ0n) is 28.8. The Kier molecular flexibility index (Phi) is 26.2. The van der Waals surface area contributed by atoms with Crippen LogP contribution in [-0.2, 0) is 32.7 Å². The van der Waals surface area contributed by atoms with Crippen LogP contribution in [0.2, 0.25) is 0 Å².